The standard InChI is InChI=1S/C8H5Cl2O2.In.2H/c1-5(11)12-8-6(9)3-2-4-7(8)10;;;/h2-3H,1H3;;;. The van der Waals surface area contributed by atoms with Crippen molar-refractivity contribution < 1.29 is 9.53 Å². The Morgan fingerprint density at radius 3 is 2.62 bits per heavy atom. The van der Waals surface area contributed by atoms with Crippen LogP contribution in [0, 0.1) is 0 Å². The Morgan fingerprint density at radius 2 is 2.08 bits per heavy atom. The maximum absolute atomic E-state index is 10.7. The first-order chi connectivity index (χ1) is 6.02. The van der Waals surface area contributed by atoms with E-state index in [9.17, 15) is 4.79 Å². The van der Waals surface area contributed by atoms with E-state index in [4.69, 9.17) is 27.9 Å². The van der Waals surface area contributed by atoms with Gasteiger partial charge in [0.05, 0.1) is 0 Å². The van der Waals surface area contributed by atoms with Gasteiger partial charge in [-0.3, -0.25) is 0 Å². The van der Waals surface area contributed by atoms with Crippen LogP contribution in [0.2, 0.25) is 10.0 Å². The second-order valence-corrected chi connectivity index (χ2v) is 6.46. The molecule has 0 unspecified atom stereocenters. The maximum atomic E-state index is 10.7. The summed E-state index contributed by atoms with van der Waals surface area (Å²) in [5.74, 6) is -0.128. The first-order valence-electron chi connectivity index (χ1n) is 3.65. The van der Waals surface area contributed by atoms with E-state index in [0.29, 0.717) is 10.0 Å². The van der Waals surface area contributed by atoms with Gasteiger partial charge in [0.1, 0.15) is 0 Å². The van der Waals surface area contributed by atoms with Crippen LogP contribution in [-0.2, 0) is 4.79 Å². The van der Waals surface area contributed by atoms with Gasteiger partial charge in [0.15, 0.2) is 0 Å². The third-order valence-corrected chi connectivity index (χ3v) is 5.54. The molecule has 0 aliphatic carbocycles. The van der Waals surface area contributed by atoms with Crippen molar-refractivity contribution >= 4 is 56.9 Å². The predicted octanol–water partition coefficient (Wildman–Crippen LogP) is 1.18. The molecule has 0 fully saturated rings. The zero-order valence-electron chi connectivity index (χ0n) is 7.23. The number of carbonyl (C=O) groups excluding carboxylic acids is 1. The summed E-state index contributed by atoms with van der Waals surface area (Å²) in [5.41, 5.74) is 0. The molecule has 0 N–H and O–H groups in total. The molecule has 0 aliphatic rings. The number of benzene rings is 1. The van der Waals surface area contributed by atoms with E-state index in [-0.39, 0.29) is 30.1 Å². The number of hydrogen-bond donors (Lipinski definition) is 0. The van der Waals surface area contributed by atoms with Gasteiger partial charge < -0.3 is 0 Å². The van der Waals surface area contributed by atoms with Crippen molar-refractivity contribution in [2.24, 2.45) is 0 Å². The second kappa shape index (κ2) is 4.58. The molecular weight excluding hydrogens is 314 g/mol. The summed E-state index contributed by atoms with van der Waals surface area (Å²) >= 11 is 12.0. The van der Waals surface area contributed by atoms with Gasteiger partial charge >= 0.3 is 101 Å². The van der Waals surface area contributed by atoms with E-state index in [1.807, 2.05) is 6.07 Å². The van der Waals surface area contributed by atoms with E-state index in [1.165, 1.54) is 6.92 Å². The number of hydrogen-bond acceptors (Lipinski definition) is 2. The first-order valence-corrected chi connectivity index (χ1v) is 7.26. The van der Waals surface area contributed by atoms with Crippen molar-refractivity contribution in [2.45, 2.75) is 6.92 Å². The Kier molecular flexibility index (Phi) is 3.95. The summed E-state index contributed by atoms with van der Waals surface area (Å²) < 4.78 is 5.92. The summed E-state index contributed by atoms with van der Waals surface area (Å²) in [6.45, 7) is 1.32. The number of rotatable bonds is 1. The Morgan fingerprint density at radius 1 is 1.46 bits per heavy atom. The fourth-order valence-corrected chi connectivity index (χ4v) is 2.44. The molecule has 0 radical (unpaired) electrons. The average Bonchev–Trinajstić information content (AvgIpc) is 2.05. The molecule has 0 bridgehead atoms. The average molecular weight is 321 g/mol. The number of carbonyl (C=O) groups is 1. The van der Waals surface area contributed by atoms with Gasteiger partial charge in [-0.25, -0.2) is 0 Å². The van der Waals surface area contributed by atoms with Crippen molar-refractivity contribution in [1.29, 1.82) is 0 Å². The van der Waals surface area contributed by atoms with E-state index in [1.54, 1.807) is 6.07 Å². The van der Waals surface area contributed by atoms with Gasteiger partial charge in [-0.05, 0) is 0 Å². The molecule has 5 heteroatoms. The second-order valence-electron chi connectivity index (χ2n) is 2.60. The van der Waals surface area contributed by atoms with Crippen LogP contribution in [0.15, 0.2) is 12.1 Å². The monoisotopic (exact) mass is 320 g/mol. The molecule has 0 saturated heterocycles. The fraction of sp³-hybridized carbons (Fsp3) is 0.125. The molecule has 2 nitrogen and oxygen atoms in total. The molecule has 0 aliphatic heterocycles. The molecule has 0 amide bonds. The minimum absolute atomic E-state index is 0.269. The quantitative estimate of drug-likeness (QED) is 0.574. The van der Waals surface area contributed by atoms with Crippen molar-refractivity contribution in [3.8, 4) is 5.75 Å². The molecule has 0 aromatic heterocycles. The van der Waals surface area contributed by atoms with Crippen LogP contribution < -0.4 is 8.06 Å². The normalized spacial score (nSPS) is 9.77. The molecule has 0 saturated carbocycles. The van der Waals surface area contributed by atoms with Crippen LogP contribution in [-0.4, -0.2) is 30.3 Å². The number of esters is 1. The van der Waals surface area contributed by atoms with Crippen LogP contribution in [0.5, 0.6) is 5.75 Å². The van der Waals surface area contributed by atoms with E-state index >= 15 is 0 Å². The fourth-order valence-electron chi connectivity index (χ4n) is 0.868. The van der Waals surface area contributed by atoms with Crippen LogP contribution in [0.4, 0.5) is 0 Å². The van der Waals surface area contributed by atoms with E-state index < -0.39 is 5.97 Å². The summed E-state index contributed by atoms with van der Waals surface area (Å²) in [6, 6.07) is 3.55. The molecule has 1 rings (SSSR count). The molecular formula is C8H7Cl2InO2. The molecule has 0 heterocycles. The van der Waals surface area contributed by atoms with Crippen LogP contribution in [0.1, 0.15) is 6.92 Å². The molecule has 0 atom stereocenters. The summed E-state index contributed by atoms with van der Waals surface area (Å²) in [5, 5.41) is 0.843. The third-order valence-electron chi connectivity index (χ3n) is 1.49. The first kappa shape index (κ1) is 11.2. The molecule has 1 aromatic rings. The van der Waals surface area contributed by atoms with Gasteiger partial charge in [0.25, 0.3) is 0 Å². The topological polar surface area (TPSA) is 26.3 Å². The van der Waals surface area contributed by atoms with Crippen LogP contribution in [0.3, 0.4) is 0 Å². The van der Waals surface area contributed by atoms with Crippen molar-refractivity contribution in [1.82, 2.24) is 0 Å². The molecule has 13 heavy (non-hydrogen) atoms. The predicted molar refractivity (Wildman–Crippen MR) is 55.9 cm³/mol. The van der Waals surface area contributed by atoms with Gasteiger partial charge in [-0.1, -0.05) is 0 Å². The van der Waals surface area contributed by atoms with Crippen molar-refractivity contribution in [2.75, 3.05) is 0 Å². The van der Waals surface area contributed by atoms with Crippen molar-refractivity contribution in [3.63, 3.8) is 0 Å². The van der Waals surface area contributed by atoms with Gasteiger partial charge in [-0.15, -0.1) is 0 Å². The Labute approximate surface area is 101 Å². The zero-order valence-corrected chi connectivity index (χ0v) is 14.4. The Bertz CT molecular complexity index is 352. The SMILES string of the molecule is CC(=O)Oc1c(Cl)cc[c]([InH2])c1Cl. The summed E-state index contributed by atoms with van der Waals surface area (Å²) in [7, 11) is 0. The minimum atomic E-state index is -0.412. The summed E-state index contributed by atoms with van der Waals surface area (Å²) in [4.78, 5) is 10.7. The summed E-state index contributed by atoms with van der Waals surface area (Å²) in [6.07, 6.45) is 0. The van der Waals surface area contributed by atoms with Crippen molar-refractivity contribution in [3.05, 3.63) is 22.2 Å². The molecule has 0 spiro atoms. The van der Waals surface area contributed by atoms with Crippen LogP contribution >= 0.6 is 23.2 Å². The van der Waals surface area contributed by atoms with Gasteiger partial charge in [0, 0.05) is 0 Å². The van der Waals surface area contributed by atoms with Gasteiger partial charge in [-0.2, -0.15) is 0 Å². The Balaban J connectivity index is 3.17. The van der Waals surface area contributed by atoms with Gasteiger partial charge in [0.2, 0.25) is 0 Å². The number of ether oxygens (including phenoxy) is 1. The Hall–Kier alpha value is 0.140. The zero-order chi connectivity index (χ0) is 10.0. The van der Waals surface area contributed by atoms with Crippen LogP contribution in [0.25, 0.3) is 0 Å². The van der Waals surface area contributed by atoms with E-state index in [2.05, 4.69) is 0 Å². The van der Waals surface area contributed by atoms with E-state index in [0.717, 1.165) is 3.32 Å². The number of halogens is 2. The molecule has 1 aromatic carbocycles. The third kappa shape index (κ3) is 2.79. The molecule has 68 valence electrons.